The minimum atomic E-state index is -0.841. The van der Waals surface area contributed by atoms with Gasteiger partial charge in [-0.05, 0) is 60.2 Å². The molecular formula is C27H22BrN3O7. The molecule has 38 heavy (non-hydrogen) atoms. The number of hydrogen-bond acceptors (Lipinski definition) is 7. The molecule has 11 heteroatoms. The lowest BCUT2D eigenvalue weighted by atomic mass is 10.1. The molecule has 3 aromatic carbocycles. The van der Waals surface area contributed by atoms with Crippen molar-refractivity contribution in [3.8, 4) is 17.2 Å². The number of para-hydroxylation sites is 2. The zero-order valence-corrected chi connectivity index (χ0v) is 21.9. The molecule has 194 valence electrons. The van der Waals surface area contributed by atoms with Gasteiger partial charge in [0.05, 0.1) is 25.6 Å². The summed E-state index contributed by atoms with van der Waals surface area (Å²) < 4.78 is 17.0. The number of halogens is 1. The number of nitrogens with zero attached hydrogens (tertiary/aromatic N) is 1. The molecule has 0 unspecified atom stereocenters. The first-order valence-corrected chi connectivity index (χ1v) is 12.0. The van der Waals surface area contributed by atoms with Crippen LogP contribution in [0.25, 0.3) is 6.08 Å². The van der Waals surface area contributed by atoms with Crippen LogP contribution in [0.4, 0.5) is 16.2 Å². The van der Waals surface area contributed by atoms with Crippen LogP contribution in [0.3, 0.4) is 0 Å². The number of methoxy groups -OCH3 is 2. The van der Waals surface area contributed by atoms with E-state index in [4.69, 9.17) is 14.2 Å². The Kier molecular flexibility index (Phi) is 8.07. The van der Waals surface area contributed by atoms with Crippen LogP contribution in [-0.2, 0) is 14.4 Å². The van der Waals surface area contributed by atoms with Gasteiger partial charge in [0.15, 0.2) is 18.1 Å². The smallest absolute Gasteiger partial charge is 0.335 e. The van der Waals surface area contributed by atoms with Gasteiger partial charge in [-0.3, -0.25) is 19.7 Å². The molecule has 4 rings (SSSR count). The first kappa shape index (κ1) is 26.4. The number of urea groups is 1. The standard InChI is InChI=1S/C27H22BrN3O7/c1-36-21-6-4-3-5-20(21)29-24(32)15-38-22-12-7-16(14-23(22)37-2)13-19-25(33)30-27(35)31(26(19)34)18-10-8-17(28)9-11-18/h3-14H,15H2,1-2H3,(H,29,32)(H,30,33,35)/b19-13+. The topological polar surface area (TPSA) is 123 Å². The molecule has 0 aliphatic carbocycles. The Morgan fingerprint density at radius 1 is 0.947 bits per heavy atom. The number of carbonyl (C=O) groups excluding carboxylic acids is 4. The second kappa shape index (κ2) is 11.6. The van der Waals surface area contributed by atoms with Crippen LogP contribution >= 0.6 is 15.9 Å². The molecule has 5 amide bonds. The maximum absolute atomic E-state index is 13.1. The summed E-state index contributed by atoms with van der Waals surface area (Å²) >= 11 is 3.31. The molecule has 0 saturated carbocycles. The average Bonchev–Trinajstić information content (AvgIpc) is 2.91. The predicted molar refractivity (Wildman–Crippen MR) is 143 cm³/mol. The third-order valence-electron chi connectivity index (χ3n) is 5.43. The van der Waals surface area contributed by atoms with Crippen molar-refractivity contribution < 1.29 is 33.4 Å². The monoisotopic (exact) mass is 579 g/mol. The molecule has 0 aromatic heterocycles. The van der Waals surface area contributed by atoms with E-state index in [0.717, 1.165) is 9.37 Å². The van der Waals surface area contributed by atoms with Gasteiger partial charge in [-0.25, -0.2) is 9.69 Å². The Labute approximate surface area is 226 Å². The first-order chi connectivity index (χ1) is 18.3. The van der Waals surface area contributed by atoms with Crippen molar-refractivity contribution >= 4 is 57.1 Å². The summed E-state index contributed by atoms with van der Waals surface area (Å²) in [5.74, 6) is -0.943. The van der Waals surface area contributed by atoms with Crippen LogP contribution in [0, 0.1) is 0 Å². The molecule has 0 atom stereocenters. The fourth-order valence-electron chi connectivity index (χ4n) is 3.62. The van der Waals surface area contributed by atoms with Gasteiger partial charge in [-0.2, -0.15) is 0 Å². The van der Waals surface area contributed by atoms with Gasteiger partial charge in [-0.1, -0.05) is 34.1 Å². The van der Waals surface area contributed by atoms with Crippen LogP contribution in [-0.4, -0.2) is 44.6 Å². The number of carbonyl (C=O) groups is 4. The highest BCUT2D eigenvalue weighted by Gasteiger charge is 2.36. The summed E-state index contributed by atoms with van der Waals surface area (Å²) in [6.45, 7) is -0.306. The number of benzene rings is 3. The van der Waals surface area contributed by atoms with E-state index in [1.165, 1.54) is 20.3 Å². The van der Waals surface area contributed by atoms with Crippen LogP contribution in [0.5, 0.6) is 17.2 Å². The predicted octanol–water partition coefficient (Wildman–Crippen LogP) is 4.15. The lowest BCUT2D eigenvalue weighted by Crippen LogP contribution is -2.54. The molecule has 3 aromatic rings. The Hall–Kier alpha value is -4.64. The SMILES string of the molecule is COc1ccccc1NC(=O)COc1ccc(/C=C2\C(=O)NC(=O)N(c3ccc(Br)cc3)C2=O)cc1OC. The lowest BCUT2D eigenvalue weighted by Gasteiger charge is -2.26. The van der Waals surface area contributed by atoms with Crippen molar-refractivity contribution in [3.63, 3.8) is 0 Å². The van der Waals surface area contributed by atoms with Gasteiger partial charge in [0.2, 0.25) is 0 Å². The quantitative estimate of drug-likeness (QED) is 0.303. The number of barbiturate groups is 1. The van der Waals surface area contributed by atoms with E-state index >= 15 is 0 Å². The third kappa shape index (κ3) is 5.84. The van der Waals surface area contributed by atoms with E-state index in [1.807, 2.05) is 0 Å². The lowest BCUT2D eigenvalue weighted by molar-refractivity contribution is -0.122. The fraction of sp³-hybridized carbons (Fsp3) is 0.111. The van der Waals surface area contributed by atoms with E-state index in [2.05, 4.69) is 26.6 Å². The first-order valence-electron chi connectivity index (χ1n) is 11.2. The van der Waals surface area contributed by atoms with Gasteiger partial charge in [0, 0.05) is 4.47 Å². The Morgan fingerprint density at radius 2 is 1.66 bits per heavy atom. The second-order valence-corrected chi connectivity index (χ2v) is 8.80. The largest absolute Gasteiger partial charge is 0.495 e. The number of hydrogen-bond donors (Lipinski definition) is 2. The molecule has 0 bridgehead atoms. The van der Waals surface area contributed by atoms with Gasteiger partial charge in [0.25, 0.3) is 17.7 Å². The summed E-state index contributed by atoms with van der Waals surface area (Å²) in [6, 6.07) is 17.3. The minimum Gasteiger partial charge on any atom is -0.495 e. The van der Waals surface area contributed by atoms with Crippen LogP contribution < -0.4 is 29.7 Å². The van der Waals surface area contributed by atoms with Crippen LogP contribution in [0.2, 0.25) is 0 Å². The molecule has 1 saturated heterocycles. The molecule has 1 fully saturated rings. The van der Waals surface area contributed by atoms with E-state index in [1.54, 1.807) is 66.7 Å². The number of anilines is 2. The Bertz CT molecular complexity index is 1440. The van der Waals surface area contributed by atoms with Gasteiger partial charge in [0.1, 0.15) is 11.3 Å². The van der Waals surface area contributed by atoms with Gasteiger partial charge in [-0.15, -0.1) is 0 Å². The fourth-order valence-corrected chi connectivity index (χ4v) is 3.88. The summed E-state index contributed by atoms with van der Waals surface area (Å²) in [6.07, 6.45) is 1.34. The number of rotatable bonds is 8. The molecule has 0 spiro atoms. The minimum absolute atomic E-state index is 0.237. The molecule has 2 N–H and O–H groups in total. The Morgan fingerprint density at radius 3 is 2.37 bits per heavy atom. The van der Waals surface area contributed by atoms with Crippen molar-refractivity contribution in [1.82, 2.24) is 5.32 Å². The maximum atomic E-state index is 13.1. The number of ether oxygens (including phenoxy) is 3. The molecule has 10 nitrogen and oxygen atoms in total. The van der Waals surface area contributed by atoms with E-state index in [-0.39, 0.29) is 23.7 Å². The normalized spacial score (nSPS) is 14.2. The van der Waals surface area contributed by atoms with Crippen molar-refractivity contribution in [2.45, 2.75) is 0 Å². The molecule has 1 aliphatic heterocycles. The van der Waals surface area contributed by atoms with E-state index in [0.29, 0.717) is 22.7 Å². The van der Waals surface area contributed by atoms with Crippen molar-refractivity contribution in [2.75, 3.05) is 31.0 Å². The number of imide groups is 2. The van der Waals surface area contributed by atoms with Crippen LogP contribution in [0.1, 0.15) is 5.56 Å². The van der Waals surface area contributed by atoms with Crippen LogP contribution in [0.15, 0.2) is 76.8 Å². The molecule has 1 aliphatic rings. The zero-order chi connectivity index (χ0) is 27.2. The van der Waals surface area contributed by atoms with Gasteiger partial charge < -0.3 is 19.5 Å². The summed E-state index contributed by atoms with van der Waals surface area (Å²) in [7, 11) is 2.92. The van der Waals surface area contributed by atoms with Crippen molar-refractivity contribution in [2.24, 2.45) is 0 Å². The second-order valence-electron chi connectivity index (χ2n) is 7.88. The van der Waals surface area contributed by atoms with Crippen molar-refractivity contribution in [1.29, 1.82) is 0 Å². The number of amides is 5. The van der Waals surface area contributed by atoms with E-state index < -0.39 is 23.8 Å². The Balaban J connectivity index is 1.50. The summed E-state index contributed by atoms with van der Waals surface area (Å²) in [5.41, 5.74) is 1.01. The molecule has 1 heterocycles. The van der Waals surface area contributed by atoms with Gasteiger partial charge >= 0.3 is 6.03 Å². The zero-order valence-electron chi connectivity index (χ0n) is 20.3. The summed E-state index contributed by atoms with van der Waals surface area (Å²) in [4.78, 5) is 51.2. The third-order valence-corrected chi connectivity index (χ3v) is 5.95. The van der Waals surface area contributed by atoms with Crippen molar-refractivity contribution in [3.05, 3.63) is 82.3 Å². The highest BCUT2D eigenvalue weighted by atomic mass is 79.9. The molecule has 0 radical (unpaired) electrons. The number of nitrogens with one attached hydrogen (secondary N) is 2. The summed E-state index contributed by atoms with van der Waals surface area (Å²) in [5, 5.41) is 4.89. The maximum Gasteiger partial charge on any atom is 0.335 e. The highest BCUT2D eigenvalue weighted by molar-refractivity contribution is 9.10. The average molecular weight is 580 g/mol. The molecular weight excluding hydrogens is 558 g/mol. The van der Waals surface area contributed by atoms with E-state index in [9.17, 15) is 19.2 Å². The highest BCUT2D eigenvalue weighted by Crippen LogP contribution is 2.30.